The highest BCUT2D eigenvalue weighted by Gasteiger charge is 2.33. The van der Waals surface area contributed by atoms with Gasteiger partial charge in [-0.05, 0) is 48.7 Å². The van der Waals surface area contributed by atoms with Gasteiger partial charge in [-0.3, -0.25) is 13.9 Å². The molecule has 0 bridgehead atoms. The summed E-state index contributed by atoms with van der Waals surface area (Å²) in [5.74, 6) is -0.886. The first kappa shape index (κ1) is 30.5. The van der Waals surface area contributed by atoms with Crippen LogP contribution in [0.2, 0.25) is 10.0 Å². The standard InChI is InChI=1S/C29H33Cl2N3O4S/c1-4-21(2)32-29(36)27(17-22-11-6-5-7-12-22)33(19-23-13-8-9-16-26(23)31)28(35)20-34(39(3,37)38)25-15-10-14-24(30)18-25/h5-16,18,21,27H,4,17,19-20H2,1-3H3,(H,32,36)/t21-,27-/m0/s1. The maximum Gasteiger partial charge on any atom is 0.244 e. The molecule has 0 aliphatic heterocycles. The lowest BCUT2D eigenvalue weighted by atomic mass is 10.0. The summed E-state index contributed by atoms with van der Waals surface area (Å²) in [6.07, 6.45) is 1.96. The lowest BCUT2D eigenvalue weighted by Crippen LogP contribution is -2.54. The molecule has 1 N–H and O–H groups in total. The second kappa shape index (κ2) is 13.8. The highest BCUT2D eigenvalue weighted by atomic mass is 35.5. The Morgan fingerprint density at radius 2 is 1.62 bits per heavy atom. The zero-order valence-corrected chi connectivity index (χ0v) is 24.5. The summed E-state index contributed by atoms with van der Waals surface area (Å²) in [6, 6.07) is 21.7. The summed E-state index contributed by atoms with van der Waals surface area (Å²) in [5.41, 5.74) is 1.74. The predicted molar refractivity (Wildman–Crippen MR) is 157 cm³/mol. The van der Waals surface area contributed by atoms with Gasteiger partial charge in [0.25, 0.3) is 0 Å². The van der Waals surface area contributed by atoms with Gasteiger partial charge in [-0.2, -0.15) is 0 Å². The molecule has 2 amide bonds. The molecule has 3 aromatic rings. The van der Waals surface area contributed by atoms with Crippen LogP contribution in [0, 0.1) is 0 Å². The molecule has 0 saturated carbocycles. The molecule has 0 aromatic heterocycles. The summed E-state index contributed by atoms with van der Waals surface area (Å²) >= 11 is 12.6. The monoisotopic (exact) mass is 589 g/mol. The Bertz CT molecular complexity index is 1390. The number of hydrogen-bond acceptors (Lipinski definition) is 4. The quantitative estimate of drug-likeness (QED) is 0.310. The molecular formula is C29H33Cl2N3O4S. The summed E-state index contributed by atoms with van der Waals surface area (Å²) in [5, 5.41) is 3.76. The number of halogens is 2. The van der Waals surface area contributed by atoms with Crippen LogP contribution in [-0.4, -0.2) is 50.0 Å². The summed E-state index contributed by atoms with van der Waals surface area (Å²) < 4.78 is 26.6. The van der Waals surface area contributed by atoms with E-state index in [1.54, 1.807) is 42.5 Å². The van der Waals surface area contributed by atoms with Crippen molar-refractivity contribution in [1.29, 1.82) is 0 Å². The second-order valence-electron chi connectivity index (χ2n) is 9.39. The Kier molecular flexibility index (Phi) is 10.8. The van der Waals surface area contributed by atoms with E-state index < -0.39 is 28.5 Å². The van der Waals surface area contributed by atoms with Crippen molar-refractivity contribution in [2.75, 3.05) is 17.1 Å². The van der Waals surface area contributed by atoms with Crippen LogP contribution in [0.5, 0.6) is 0 Å². The normalized spacial score (nSPS) is 12.8. The third kappa shape index (κ3) is 8.71. The maximum atomic E-state index is 14.0. The Morgan fingerprint density at radius 3 is 2.23 bits per heavy atom. The van der Waals surface area contributed by atoms with Crippen LogP contribution in [0.3, 0.4) is 0 Å². The summed E-state index contributed by atoms with van der Waals surface area (Å²) in [6.45, 7) is 3.34. The smallest absolute Gasteiger partial charge is 0.244 e. The molecule has 10 heteroatoms. The topological polar surface area (TPSA) is 86.8 Å². The van der Waals surface area contributed by atoms with Crippen molar-refractivity contribution in [2.24, 2.45) is 0 Å². The van der Waals surface area contributed by atoms with Crippen LogP contribution in [0.15, 0.2) is 78.9 Å². The van der Waals surface area contributed by atoms with Crippen molar-refractivity contribution >= 4 is 50.7 Å². The first-order valence-electron chi connectivity index (χ1n) is 12.6. The number of benzene rings is 3. The molecule has 208 valence electrons. The lowest BCUT2D eigenvalue weighted by molar-refractivity contribution is -0.140. The number of sulfonamides is 1. The first-order valence-corrected chi connectivity index (χ1v) is 15.2. The zero-order valence-electron chi connectivity index (χ0n) is 22.2. The van der Waals surface area contributed by atoms with Crippen molar-refractivity contribution < 1.29 is 18.0 Å². The van der Waals surface area contributed by atoms with Crippen LogP contribution >= 0.6 is 23.2 Å². The first-order chi connectivity index (χ1) is 18.5. The van der Waals surface area contributed by atoms with Crippen molar-refractivity contribution in [3.63, 3.8) is 0 Å². The van der Waals surface area contributed by atoms with Crippen LogP contribution in [0.4, 0.5) is 5.69 Å². The van der Waals surface area contributed by atoms with Gasteiger partial charge in [0.15, 0.2) is 0 Å². The SMILES string of the molecule is CC[C@H](C)NC(=O)[C@H](Cc1ccccc1)N(Cc1ccccc1Cl)C(=O)CN(c1cccc(Cl)c1)S(C)(=O)=O. The number of rotatable bonds is 12. The molecule has 0 spiro atoms. The minimum absolute atomic E-state index is 0.0110. The molecule has 0 aliphatic rings. The van der Waals surface area contributed by atoms with E-state index in [0.29, 0.717) is 22.0 Å². The maximum absolute atomic E-state index is 14.0. The van der Waals surface area contributed by atoms with Gasteiger partial charge in [-0.1, -0.05) is 84.7 Å². The van der Waals surface area contributed by atoms with Crippen molar-refractivity contribution in [1.82, 2.24) is 10.2 Å². The largest absolute Gasteiger partial charge is 0.352 e. The van der Waals surface area contributed by atoms with Crippen molar-refractivity contribution in [3.8, 4) is 0 Å². The highest BCUT2D eigenvalue weighted by molar-refractivity contribution is 7.92. The number of carbonyl (C=O) groups excluding carboxylic acids is 2. The van der Waals surface area contributed by atoms with E-state index in [4.69, 9.17) is 23.2 Å². The van der Waals surface area contributed by atoms with E-state index >= 15 is 0 Å². The zero-order chi connectivity index (χ0) is 28.6. The highest BCUT2D eigenvalue weighted by Crippen LogP contribution is 2.24. The van der Waals surface area contributed by atoms with E-state index in [1.807, 2.05) is 44.2 Å². The third-order valence-corrected chi connectivity index (χ3v) is 8.09. The number of anilines is 1. The number of nitrogens with zero attached hydrogens (tertiary/aromatic N) is 2. The Morgan fingerprint density at radius 1 is 0.949 bits per heavy atom. The van der Waals surface area contributed by atoms with Crippen molar-refractivity contribution in [3.05, 3.63) is 100 Å². The molecule has 0 heterocycles. The Labute approximate surface area is 240 Å². The molecule has 3 aromatic carbocycles. The summed E-state index contributed by atoms with van der Waals surface area (Å²) in [7, 11) is -3.87. The minimum Gasteiger partial charge on any atom is -0.352 e. The molecule has 0 saturated heterocycles. The average molecular weight is 591 g/mol. The predicted octanol–water partition coefficient (Wildman–Crippen LogP) is 5.31. The van der Waals surface area contributed by atoms with E-state index in [0.717, 1.165) is 16.1 Å². The van der Waals surface area contributed by atoms with Gasteiger partial charge < -0.3 is 10.2 Å². The van der Waals surface area contributed by atoms with Crippen LogP contribution in [0.1, 0.15) is 31.4 Å². The van der Waals surface area contributed by atoms with E-state index in [-0.39, 0.29) is 30.6 Å². The van der Waals surface area contributed by atoms with E-state index in [2.05, 4.69) is 5.32 Å². The van der Waals surface area contributed by atoms with Gasteiger partial charge in [0, 0.05) is 29.1 Å². The van der Waals surface area contributed by atoms with Crippen LogP contribution in [-0.2, 0) is 32.6 Å². The molecule has 2 atom stereocenters. The molecule has 3 rings (SSSR count). The fraction of sp³-hybridized carbons (Fsp3) is 0.310. The third-order valence-electron chi connectivity index (χ3n) is 6.35. The van der Waals surface area contributed by atoms with E-state index in [1.165, 1.54) is 11.0 Å². The number of hydrogen-bond donors (Lipinski definition) is 1. The molecule has 0 unspecified atom stereocenters. The lowest BCUT2D eigenvalue weighted by Gasteiger charge is -2.34. The number of nitrogens with one attached hydrogen (secondary N) is 1. The average Bonchev–Trinajstić information content (AvgIpc) is 2.89. The van der Waals surface area contributed by atoms with Crippen LogP contribution in [0.25, 0.3) is 0 Å². The fourth-order valence-electron chi connectivity index (χ4n) is 4.05. The van der Waals surface area contributed by atoms with Gasteiger partial charge in [0.1, 0.15) is 12.6 Å². The van der Waals surface area contributed by atoms with Gasteiger partial charge in [-0.15, -0.1) is 0 Å². The number of carbonyl (C=O) groups is 2. The molecule has 0 radical (unpaired) electrons. The number of amides is 2. The molecule has 0 aliphatic carbocycles. The van der Waals surface area contributed by atoms with Gasteiger partial charge in [0.2, 0.25) is 21.8 Å². The molecule has 7 nitrogen and oxygen atoms in total. The molecule has 39 heavy (non-hydrogen) atoms. The minimum atomic E-state index is -3.87. The molecule has 0 fully saturated rings. The Balaban J connectivity index is 2.07. The van der Waals surface area contributed by atoms with Gasteiger partial charge >= 0.3 is 0 Å². The Hall–Kier alpha value is -3.07. The fourth-order valence-corrected chi connectivity index (χ4v) is 5.27. The second-order valence-corrected chi connectivity index (χ2v) is 12.1. The van der Waals surface area contributed by atoms with Gasteiger partial charge in [-0.25, -0.2) is 8.42 Å². The summed E-state index contributed by atoms with van der Waals surface area (Å²) in [4.78, 5) is 29.1. The van der Waals surface area contributed by atoms with Crippen LogP contribution < -0.4 is 9.62 Å². The van der Waals surface area contributed by atoms with Crippen molar-refractivity contribution in [2.45, 2.75) is 45.3 Å². The van der Waals surface area contributed by atoms with Gasteiger partial charge in [0.05, 0.1) is 11.9 Å². The van der Waals surface area contributed by atoms with E-state index in [9.17, 15) is 18.0 Å². The molecular weight excluding hydrogens is 557 g/mol.